The van der Waals surface area contributed by atoms with Crippen LogP contribution in [-0.2, 0) is 9.47 Å². The van der Waals surface area contributed by atoms with Gasteiger partial charge in [-0.15, -0.1) is 12.8 Å². The summed E-state index contributed by atoms with van der Waals surface area (Å²) in [7, 11) is 0. The number of nitrogens with zero attached hydrogens (tertiary/aromatic N) is 6. The van der Waals surface area contributed by atoms with E-state index in [1.165, 1.54) is 24.8 Å². The standard InChI is InChI=1S/2C25H25FN4O2/c2*1-5-16-6-8-20(26)22(12-16)29-23-19-13-17(7-9-21(19)27-15-28-23)18-10-11-30(14-18)24(31)32-25(2,3)4/h2*1,6-9,12-13,15,18H,10-11,14H2,2-4H3,(H,27,28,29)/t18-;/m0./s1. The molecule has 2 saturated heterocycles. The monoisotopic (exact) mass is 864 g/mol. The number of fused-ring (bicyclic) bond motifs is 2. The molecule has 64 heavy (non-hydrogen) atoms. The van der Waals surface area contributed by atoms with Gasteiger partial charge in [0.05, 0.1) is 22.4 Å². The number of amides is 2. The number of likely N-dealkylation sites (tertiary alicyclic amines) is 2. The van der Waals surface area contributed by atoms with E-state index in [9.17, 15) is 18.4 Å². The van der Waals surface area contributed by atoms with Crippen molar-refractivity contribution in [3.8, 4) is 24.7 Å². The number of aromatic nitrogens is 4. The molecule has 2 atom stereocenters. The predicted octanol–water partition coefficient (Wildman–Crippen LogP) is 10.4. The van der Waals surface area contributed by atoms with E-state index in [-0.39, 0.29) is 35.4 Å². The third-order valence-electron chi connectivity index (χ3n) is 10.7. The minimum absolute atomic E-state index is 0.168. The fourth-order valence-electron chi connectivity index (χ4n) is 7.58. The molecule has 2 aliphatic rings. The Bertz CT molecular complexity index is 2620. The van der Waals surface area contributed by atoms with Crippen LogP contribution in [0.15, 0.2) is 85.5 Å². The zero-order valence-corrected chi connectivity index (χ0v) is 36.7. The summed E-state index contributed by atoms with van der Waals surface area (Å²) in [5.74, 6) is 5.50. The molecule has 8 rings (SSSR count). The van der Waals surface area contributed by atoms with E-state index in [0.29, 0.717) is 48.9 Å². The van der Waals surface area contributed by atoms with Crippen molar-refractivity contribution in [1.82, 2.24) is 29.7 Å². The summed E-state index contributed by atoms with van der Waals surface area (Å²) in [5, 5.41) is 7.65. The Kier molecular flexibility index (Phi) is 13.0. The van der Waals surface area contributed by atoms with Crippen molar-refractivity contribution in [2.75, 3.05) is 36.8 Å². The van der Waals surface area contributed by atoms with Crippen molar-refractivity contribution in [3.63, 3.8) is 0 Å². The molecule has 4 aromatic carbocycles. The van der Waals surface area contributed by atoms with Crippen LogP contribution in [0.2, 0.25) is 0 Å². The Balaban J connectivity index is 0.000000191. The smallest absolute Gasteiger partial charge is 0.410 e. The van der Waals surface area contributed by atoms with Gasteiger partial charge in [0.15, 0.2) is 0 Å². The zero-order chi connectivity index (χ0) is 45.8. The summed E-state index contributed by atoms with van der Waals surface area (Å²) < 4.78 is 39.7. The van der Waals surface area contributed by atoms with Crippen LogP contribution in [0.3, 0.4) is 0 Å². The average Bonchev–Trinajstić information content (AvgIpc) is 3.96. The van der Waals surface area contributed by atoms with Gasteiger partial charge in [0, 0.05) is 59.9 Å². The molecule has 4 heterocycles. The van der Waals surface area contributed by atoms with Gasteiger partial charge in [-0.05, 0) is 126 Å². The molecule has 14 heteroatoms. The normalized spacial score (nSPS) is 16.1. The van der Waals surface area contributed by atoms with E-state index in [1.54, 1.807) is 34.1 Å². The molecular weight excluding hydrogens is 815 g/mol. The van der Waals surface area contributed by atoms with Gasteiger partial charge in [0.2, 0.25) is 0 Å². The van der Waals surface area contributed by atoms with Gasteiger partial charge in [0.25, 0.3) is 0 Å². The van der Waals surface area contributed by atoms with Crippen LogP contribution < -0.4 is 10.6 Å². The molecule has 2 fully saturated rings. The summed E-state index contributed by atoms with van der Waals surface area (Å²) in [6, 6.07) is 20.8. The number of hydrogen-bond acceptors (Lipinski definition) is 10. The van der Waals surface area contributed by atoms with E-state index >= 15 is 0 Å². The molecule has 2 aromatic heterocycles. The second kappa shape index (κ2) is 18.6. The molecular formula is C50H50F2N8O4. The number of ether oxygens (including phenoxy) is 2. The molecule has 2 N–H and O–H groups in total. The molecule has 0 aliphatic carbocycles. The van der Waals surface area contributed by atoms with Crippen LogP contribution in [-0.4, -0.2) is 79.3 Å². The number of benzene rings is 4. The van der Waals surface area contributed by atoms with E-state index in [0.717, 1.165) is 45.8 Å². The Morgan fingerprint density at radius 1 is 0.625 bits per heavy atom. The number of hydrogen-bond donors (Lipinski definition) is 2. The lowest BCUT2D eigenvalue weighted by Gasteiger charge is -2.24. The number of terminal acetylenes is 2. The number of carbonyl (C=O) groups excluding carboxylic acids is 2. The highest BCUT2D eigenvalue weighted by molar-refractivity contribution is 5.92. The number of carbonyl (C=O) groups is 2. The van der Waals surface area contributed by atoms with Crippen molar-refractivity contribution in [2.24, 2.45) is 0 Å². The largest absolute Gasteiger partial charge is 0.444 e. The summed E-state index contributed by atoms with van der Waals surface area (Å²) in [4.78, 5) is 45.6. The van der Waals surface area contributed by atoms with Gasteiger partial charge in [-0.2, -0.15) is 0 Å². The van der Waals surface area contributed by atoms with Crippen LogP contribution in [0.25, 0.3) is 21.8 Å². The highest BCUT2D eigenvalue weighted by Crippen LogP contribution is 2.35. The number of nitrogens with one attached hydrogen (secondary N) is 2. The Morgan fingerprint density at radius 2 is 1.03 bits per heavy atom. The molecule has 0 saturated carbocycles. The third-order valence-corrected chi connectivity index (χ3v) is 10.7. The maximum atomic E-state index is 14.3. The molecule has 12 nitrogen and oxygen atoms in total. The highest BCUT2D eigenvalue weighted by Gasteiger charge is 2.32. The van der Waals surface area contributed by atoms with Crippen molar-refractivity contribution in [2.45, 2.75) is 77.4 Å². The van der Waals surface area contributed by atoms with Gasteiger partial charge in [0.1, 0.15) is 47.1 Å². The zero-order valence-electron chi connectivity index (χ0n) is 36.7. The van der Waals surface area contributed by atoms with Crippen LogP contribution in [0.4, 0.5) is 41.4 Å². The lowest BCUT2D eigenvalue weighted by molar-refractivity contribution is 0.0282. The maximum absolute atomic E-state index is 14.3. The molecule has 0 radical (unpaired) electrons. The first-order chi connectivity index (χ1) is 30.5. The molecule has 1 unspecified atom stereocenters. The summed E-state index contributed by atoms with van der Waals surface area (Å²) in [6.45, 7) is 13.6. The van der Waals surface area contributed by atoms with Gasteiger partial charge in [-0.1, -0.05) is 24.0 Å². The van der Waals surface area contributed by atoms with Crippen LogP contribution in [0.5, 0.6) is 0 Å². The van der Waals surface area contributed by atoms with Crippen LogP contribution in [0, 0.1) is 36.3 Å². The molecule has 2 amide bonds. The third kappa shape index (κ3) is 10.8. The van der Waals surface area contributed by atoms with Crippen molar-refractivity contribution >= 4 is 57.0 Å². The minimum atomic E-state index is -0.526. The Morgan fingerprint density at radius 3 is 1.41 bits per heavy atom. The quantitative estimate of drug-likeness (QED) is 0.156. The van der Waals surface area contributed by atoms with Gasteiger partial charge in [-0.25, -0.2) is 38.3 Å². The number of anilines is 4. The van der Waals surface area contributed by atoms with Crippen molar-refractivity contribution in [1.29, 1.82) is 0 Å². The van der Waals surface area contributed by atoms with Crippen molar-refractivity contribution < 1.29 is 27.8 Å². The number of rotatable bonds is 6. The first-order valence-corrected chi connectivity index (χ1v) is 21.0. The lowest BCUT2D eigenvalue weighted by Crippen LogP contribution is -2.35. The van der Waals surface area contributed by atoms with Gasteiger partial charge in [-0.3, -0.25) is 0 Å². The van der Waals surface area contributed by atoms with E-state index < -0.39 is 22.8 Å². The summed E-state index contributed by atoms with van der Waals surface area (Å²) in [5.41, 5.74) is 4.21. The van der Waals surface area contributed by atoms with Crippen molar-refractivity contribution in [3.05, 3.63) is 119 Å². The topological polar surface area (TPSA) is 135 Å². The highest BCUT2D eigenvalue weighted by atomic mass is 19.1. The molecule has 6 aromatic rings. The predicted molar refractivity (Wildman–Crippen MR) is 245 cm³/mol. The fraction of sp³-hybridized carbons (Fsp3) is 0.320. The molecule has 2 aliphatic heterocycles. The maximum Gasteiger partial charge on any atom is 0.410 e. The van der Waals surface area contributed by atoms with Crippen LogP contribution >= 0.6 is 0 Å². The first-order valence-electron chi connectivity index (χ1n) is 21.0. The fourth-order valence-corrected chi connectivity index (χ4v) is 7.58. The second-order valence-electron chi connectivity index (χ2n) is 17.7. The van der Waals surface area contributed by atoms with Gasteiger partial charge < -0.3 is 29.9 Å². The average molecular weight is 865 g/mol. The lowest BCUT2D eigenvalue weighted by atomic mass is 9.97. The Hall–Kier alpha value is -7.32. The second-order valence-corrected chi connectivity index (χ2v) is 17.7. The summed E-state index contributed by atoms with van der Waals surface area (Å²) in [6.07, 6.45) is 14.8. The molecule has 328 valence electrons. The summed E-state index contributed by atoms with van der Waals surface area (Å²) >= 11 is 0. The Labute approximate surface area is 371 Å². The molecule has 0 bridgehead atoms. The number of halogens is 2. The van der Waals surface area contributed by atoms with Crippen LogP contribution in [0.1, 0.15) is 88.5 Å². The molecule has 0 spiro atoms. The SMILES string of the molecule is C#Cc1ccc(F)c(Nc2ncnc3ccc(C4CCN(C(=O)OC(C)(C)C)C4)cc23)c1.C#Cc1ccc(F)c(Nc2ncnc3ccc([C@H]4CCN(C(=O)OC(C)(C)C)C4)cc23)c1. The van der Waals surface area contributed by atoms with Gasteiger partial charge >= 0.3 is 12.2 Å². The van der Waals surface area contributed by atoms with E-state index in [2.05, 4.69) is 42.4 Å². The van der Waals surface area contributed by atoms with E-state index in [4.69, 9.17) is 22.3 Å². The van der Waals surface area contributed by atoms with E-state index in [1.807, 2.05) is 77.9 Å². The minimum Gasteiger partial charge on any atom is -0.444 e. The first kappa shape index (κ1) is 44.7.